The molecular formula is C31H35N5O2. The van der Waals surface area contributed by atoms with E-state index >= 15 is 0 Å². The molecule has 0 spiro atoms. The molecule has 4 aromatic rings. The highest BCUT2D eigenvalue weighted by molar-refractivity contribution is 5.89. The fourth-order valence-corrected chi connectivity index (χ4v) is 5.28. The predicted molar refractivity (Wildman–Crippen MR) is 152 cm³/mol. The summed E-state index contributed by atoms with van der Waals surface area (Å²) >= 11 is 0. The minimum Gasteiger partial charge on any atom is -0.400 e. The standard InChI is InChI=1S/C30H31N5O.CH4O/c1-20-5-9-23(10-6-20)30(24-11-7-21(2)8-12-24)34-15-16-35(22(3)19-34)27-17-28(36)33(4)26-14-13-25(18-31)32-29(26)27;1-2/h5-14,17,22,30H,15-16,19H2,1-4H3;2H,1H3. The van der Waals surface area contributed by atoms with Gasteiger partial charge in [0.1, 0.15) is 17.3 Å². The van der Waals surface area contributed by atoms with Crippen molar-refractivity contribution in [3.05, 3.63) is 105 Å². The molecule has 1 saturated heterocycles. The van der Waals surface area contributed by atoms with Gasteiger partial charge in [-0.25, -0.2) is 4.98 Å². The number of aliphatic hydroxyl groups is 1. The van der Waals surface area contributed by atoms with E-state index in [1.807, 2.05) is 6.07 Å². The summed E-state index contributed by atoms with van der Waals surface area (Å²) in [4.78, 5) is 22.2. The molecule has 1 N–H and O–H groups in total. The average Bonchev–Trinajstić information content (AvgIpc) is 2.94. The van der Waals surface area contributed by atoms with E-state index in [2.05, 4.69) is 90.2 Å². The number of nitrogens with zero attached hydrogens (tertiary/aromatic N) is 5. The fourth-order valence-electron chi connectivity index (χ4n) is 5.28. The summed E-state index contributed by atoms with van der Waals surface area (Å²) in [5.74, 6) is 0. The summed E-state index contributed by atoms with van der Waals surface area (Å²) in [5.41, 5.74) is 7.59. The van der Waals surface area contributed by atoms with E-state index in [4.69, 9.17) is 5.11 Å². The Morgan fingerprint density at radius 2 is 1.53 bits per heavy atom. The largest absolute Gasteiger partial charge is 0.400 e. The number of anilines is 1. The Labute approximate surface area is 224 Å². The molecule has 1 aliphatic rings. The lowest BCUT2D eigenvalue weighted by Gasteiger charge is -2.44. The highest BCUT2D eigenvalue weighted by atomic mass is 16.2. The molecule has 38 heavy (non-hydrogen) atoms. The van der Waals surface area contributed by atoms with Crippen molar-refractivity contribution < 1.29 is 5.11 Å². The highest BCUT2D eigenvalue weighted by Gasteiger charge is 2.31. The lowest BCUT2D eigenvalue weighted by Crippen LogP contribution is -2.53. The summed E-state index contributed by atoms with van der Waals surface area (Å²) in [6.45, 7) is 8.87. The molecule has 0 amide bonds. The average molecular weight is 510 g/mol. The van der Waals surface area contributed by atoms with Gasteiger partial charge in [-0.15, -0.1) is 0 Å². The molecule has 1 fully saturated rings. The van der Waals surface area contributed by atoms with Crippen LogP contribution in [0.2, 0.25) is 0 Å². The maximum Gasteiger partial charge on any atom is 0.252 e. The van der Waals surface area contributed by atoms with Gasteiger partial charge in [0, 0.05) is 45.9 Å². The topological polar surface area (TPSA) is 85.4 Å². The molecule has 0 aliphatic carbocycles. The Morgan fingerprint density at radius 3 is 2.05 bits per heavy atom. The summed E-state index contributed by atoms with van der Waals surface area (Å²) in [5, 5.41) is 16.4. The van der Waals surface area contributed by atoms with Crippen molar-refractivity contribution in [3.8, 4) is 6.07 Å². The van der Waals surface area contributed by atoms with Crippen molar-refractivity contribution >= 4 is 16.7 Å². The molecule has 2 aromatic carbocycles. The van der Waals surface area contributed by atoms with Gasteiger partial charge in [-0.05, 0) is 44.0 Å². The molecule has 0 radical (unpaired) electrons. The summed E-state index contributed by atoms with van der Waals surface area (Å²) < 4.78 is 1.60. The van der Waals surface area contributed by atoms with Gasteiger partial charge in [-0.1, -0.05) is 59.7 Å². The van der Waals surface area contributed by atoms with Crippen molar-refractivity contribution in [3.63, 3.8) is 0 Å². The number of hydrogen-bond donors (Lipinski definition) is 1. The Hall–Kier alpha value is -3.99. The number of nitriles is 1. The van der Waals surface area contributed by atoms with Crippen LogP contribution in [-0.2, 0) is 7.05 Å². The van der Waals surface area contributed by atoms with Gasteiger partial charge in [0.2, 0.25) is 0 Å². The normalized spacial score (nSPS) is 15.7. The zero-order valence-corrected chi connectivity index (χ0v) is 22.7. The third-order valence-electron chi connectivity index (χ3n) is 7.30. The lowest BCUT2D eigenvalue weighted by molar-refractivity contribution is 0.188. The SMILES string of the molecule is CO.Cc1ccc(C(c2ccc(C)cc2)N2CCN(c3cc(=O)n(C)c4ccc(C#N)nc34)C(C)C2)cc1. The van der Waals surface area contributed by atoms with Gasteiger partial charge >= 0.3 is 0 Å². The minimum atomic E-state index is -0.0733. The first-order valence-corrected chi connectivity index (χ1v) is 12.8. The monoisotopic (exact) mass is 509 g/mol. The predicted octanol–water partition coefficient (Wildman–Crippen LogP) is 4.33. The number of pyridine rings is 2. The van der Waals surface area contributed by atoms with Gasteiger partial charge in [0.15, 0.2) is 0 Å². The molecule has 0 bridgehead atoms. The minimum absolute atomic E-state index is 0.0733. The fraction of sp³-hybridized carbons (Fsp3) is 0.323. The summed E-state index contributed by atoms with van der Waals surface area (Å²) in [6.07, 6.45) is 0. The summed E-state index contributed by atoms with van der Waals surface area (Å²) in [6, 6.07) is 25.3. The van der Waals surface area contributed by atoms with Crippen LogP contribution in [0, 0.1) is 25.2 Å². The number of aliphatic hydroxyl groups excluding tert-OH is 1. The zero-order chi connectivity index (χ0) is 27.4. The van der Waals surface area contributed by atoms with Crippen molar-refractivity contribution in [2.75, 3.05) is 31.6 Å². The van der Waals surface area contributed by atoms with E-state index in [1.165, 1.54) is 22.3 Å². The number of piperazine rings is 1. The van der Waals surface area contributed by atoms with E-state index in [0.29, 0.717) is 11.2 Å². The first kappa shape index (κ1) is 27.1. The van der Waals surface area contributed by atoms with Crippen LogP contribution in [-0.4, -0.2) is 52.3 Å². The number of fused-ring (bicyclic) bond motifs is 1. The van der Waals surface area contributed by atoms with E-state index in [9.17, 15) is 10.1 Å². The number of aromatic nitrogens is 2. The molecule has 1 unspecified atom stereocenters. The third-order valence-corrected chi connectivity index (χ3v) is 7.30. The van der Waals surface area contributed by atoms with E-state index in [-0.39, 0.29) is 17.6 Å². The van der Waals surface area contributed by atoms with Crippen molar-refractivity contribution in [2.45, 2.75) is 32.9 Å². The quantitative estimate of drug-likeness (QED) is 0.441. The Bertz CT molecular complexity index is 1460. The number of hydrogen-bond acceptors (Lipinski definition) is 6. The highest BCUT2D eigenvalue weighted by Crippen LogP contribution is 2.33. The van der Waals surface area contributed by atoms with Crippen LogP contribution in [0.15, 0.2) is 71.5 Å². The number of aryl methyl sites for hydroxylation is 3. The van der Waals surface area contributed by atoms with E-state index in [1.54, 1.807) is 23.7 Å². The molecule has 2 aromatic heterocycles. The van der Waals surface area contributed by atoms with E-state index in [0.717, 1.165) is 37.9 Å². The number of benzene rings is 2. The van der Waals surface area contributed by atoms with Gasteiger partial charge in [0.05, 0.1) is 17.2 Å². The van der Waals surface area contributed by atoms with Crippen LogP contribution in [0.3, 0.4) is 0 Å². The first-order valence-electron chi connectivity index (χ1n) is 12.8. The van der Waals surface area contributed by atoms with E-state index < -0.39 is 0 Å². The second kappa shape index (κ2) is 11.6. The Morgan fingerprint density at radius 1 is 0.947 bits per heavy atom. The molecule has 7 nitrogen and oxygen atoms in total. The lowest BCUT2D eigenvalue weighted by atomic mass is 9.94. The van der Waals surface area contributed by atoms with Crippen molar-refractivity contribution in [2.24, 2.45) is 7.05 Å². The molecule has 5 rings (SSSR count). The Balaban J connectivity index is 0.00000164. The number of rotatable bonds is 4. The molecule has 1 aliphatic heterocycles. The van der Waals surface area contributed by atoms with Crippen molar-refractivity contribution in [1.29, 1.82) is 5.26 Å². The van der Waals surface area contributed by atoms with Crippen LogP contribution < -0.4 is 10.5 Å². The summed E-state index contributed by atoms with van der Waals surface area (Å²) in [7, 11) is 2.75. The smallest absolute Gasteiger partial charge is 0.252 e. The first-order chi connectivity index (χ1) is 18.4. The van der Waals surface area contributed by atoms with Crippen LogP contribution in [0.1, 0.15) is 40.9 Å². The van der Waals surface area contributed by atoms with Crippen LogP contribution in [0.4, 0.5) is 5.69 Å². The molecular weight excluding hydrogens is 474 g/mol. The molecule has 1 atom stereocenters. The van der Waals surface area contributed by atoms with Gasteiger partial charge in [-0.3, -0.25) is 9.69 Å². The van der Waals surface area contributed by atoms with Crippen LogP contribution >= 0.6 is 0 Å². The molecule has 3 heterocycles. The maximum absolute atomic E-state index is 12.8. The zero-order valence-electron chi connectivity index (χ0n) is 22.7. The second-order valence-corrected chi connectivity index (χ2v) is 9.86. The molecule has 196 valence electrons. The molecule has 7 heteroatoms. The maximum atomic E-state index is 12.8. The third kappa shape index (κ3) is 5.33. The van der Waals surface area contributed by atoms with Crippen molar-refractivity contribution in [1.82, 2.24) is 14.5 Å². The van der Waals surface area contributed by atoms with Gasteiger partial charge < -0.3 is 14.6 Å². The van der Waals surface area contributed by atoms with Gasteiger partial charge in [0.25, 0.3) is 5.56 Å². The Kier molecular flexibility index (Phi) is 8.26. The van der Waals surface area contributed by atoms with Crippen LogP contribution in [0.5, 0.6) is 0 Å². The second-order valence-electron chi connectivity index (χ2n) is 9.86. The van der Waals surface area contributed by atoms with Crippen LogP contribution in [0.25, 0.3) is 11.0 Å². The molecule has 0 saturated carbocycles. The van der Waals surface area contributed by atoms with Gasteiger partial charge in [-0.2, -0.15) is 5.26 Å².